The van der Waals surface area contributed by atoms with E-state index in [0.29, 0.717) is 21.9 Å². The lowest BCUT2D eigenvalue weighted by Gasteiger charge is -2.07. The monoisotopic (exact) mass is 324 g/mol. The number of nitrogens with one attached hydrogen (secondary N) is 1. The van der Waals surface area contributed by atoms with Crippen LogP contribution < -0.4 is 0 Å². The topological polar surface area (TPSA) is 28.7 Å². The highest BCUT2D eigenvalue weighted by molar-refractivity contribution is 9.10. The molecule has 0 aliphatic heterocycles. The molecule has 0 saturated heterocycles. The molecular weight excluding hydrogens is 315 g/mol. The van der Waals surface area contributed by atoms with Crippen molar-refractivity contribution in [2.45, 2.75) is 18.8 Å². The van der Waals surface area contributed by atoms with Crippen LogP contribution in [0, 0.1) is 10.5 Å². The minimum atomic E-state index is -0.286. The van der Waals surface area contributed by atoms with E-state index in [0.717, 1.165) is 10.2 Å². The van der Waals surface area contributed by atoms with E-state index < -0.39 is 0 Å². The van der Waals surface area contributed by atoms with E-state index in [1.807, 2.05) is 6.07 Å². The predicted octanol–water partition coefficient (Wildman–Crippen LogP) is 4.59. The highest BCUT2D eigenvalue weighted by Gasteiger charge is 2.25. The Kier molecular flexibility index (Phi) is 3.03. The fourth-order valence-corrected chi connectivity index (χ4v) is 2.55. The average Bonchev–Trinajstić information content (AvgIpc) is 3.15. The van der Waals surface area contributed by atoms with Gasteiger partial charge in [0.15, 0.2) is 0 Å². The van der Waals surface area contributed by atoms with E-state index in [2.05, 4.69) is 25.9 Å². The molecule has 92 valence electrons. The first-order chi connectivity index (χ1) is 8.63. The number of hydrogen-bond donors (Lipinski definition) is 1. The van der Waals surface area contributed by atoms with E-state index in [9.17, 15) is 4.39 Å². The standard InChI is InChI=1S/C13H10BrFN2S/c14-10-4-3-8(15)5-9(10)13-16-11(7-1-2-7)6-12(18)17-13/h3-7H,1-2H2,(H,16,17,18). The molecule has 0 amide bonds. The molecule has 2 aromatic rings. The molecule has 0 bridgehead atoms. The summed E-state index contributed by atoms with van der Waals surface area (Å²) < 4.78 is 14.7. The minimum absolute atomic E-state index is 0.286. The van der Waals surface area contributed by atoms with Crippen LogP contribution in [0.4, 0.5) is 4.39 Å². The summed E-state index contributed by atoms with van der Waals surface area (Å²) in [6.07, 6.45) is 2.36. The molecule has 0 radical (unpaired) electrons. The lowest BCUT2D eigenvalue weighted by atomic mass is 10.2. The number of hydrogen-bond acceptors (Lipinski definition) is 2. The lowest BCUT2D eigenvalue weighted by molar-refractivity contribution is 0.628. The largest absolute Gasteiger partial charge is 0.343 e. The van der Waals surface area contributed by atoms with Crippen molar-refractivity contribution in [2.24, 2.45) is 0 Å². The lowest BCUT2D eigenvalue weighted by Crippen LogP contribution is -1.96. The molecule has 0 unspecified atom stereocenters. The molecule has 1 aromatic carbocycles. The molecule has 0 spiro atoms. The normalized spacial score (nSPS) is 14.8. The fraction of sp³-hybridized carbons (Fsp3) is 0.231. The molecule has 1 saturated carbocycles. The second-order valence-corrected chi connectivity index (χ2v) is 5.69. The first kappa shape index (κ1) is 12.0. The molecule has 1 N–H and O–H groups in total. The molecule has 0 atom stereocenters. The van der Waals surface area contributed by atoms with Crippen molar-refractivity contribution in [3.8, 4) is 11.4 Å². The number of aromatic nitrogens is 2. The number of aromatic amines is 1. The first-order valence-corrected chi connectivity index (χ1v) is 6.90. The van der Waals surface area contributed by atoms with Crippen LogP contribution in [-0.2, 0) is 0 Å². The van der Waals surface area contributed by atoms with Gasteiger partial charge in [0.25, 0.3) is 0 Å². The summed E-state index contributed by atoms with van der Waals surface area (Å²) >= 11 is 8.58. The van der Waals surface area contributed by atoms with Crippen molar-refractivity contribution in [2.75, 3.05) is 0 Å². The molecule has 18 heavy (non-hydrogen) atoms. The Morgan fingerprint density at radius 2 is 2.11 bits per heavy atom. The quantitative estimate of drug-likeness (QED) is 0.819. The molecule has 3 rings (SSSR count). The smallest absolute Gasteiger partial charge is 0.140 e. The Labute approximate surface area is 117 Å². The Hall–Kier alpha value is -1.07. The van der Waals surface area contributed by atoms with E-state index in [-0.39, 0.29) is 5.82 Å². The Morgan fingerprint density at radius 3 is 2.83 bits per heavy atom. The van der Waals surface area contributed by atoms with Crippen molar-refractivity contribution < 1.29 is 4.39 Å². The summed E-state index contributed by atoms with van der Waals surface area (Å²) in [7, 11) is 0. The number of halogens is 2. The third kappa shape index (κ3) is 2.37. The Morgan fingerprint density at radius 1 is 1.33 bits per heavy atom. The number of H-pyrrole nitrogens is 1. The molecule has 1 aliphatic carbocycles. The van der Waals surface area contributed by atoms with Crippen LogP contribution in [0.2, 0.25) is 0 Å². The summed E-state index contributed by atoms with van der Waals surface area (Å²) in [4.78, 5) is 7.54. The van der Waals surface area contributed by atoms with E-state index in [1.54, 1.807) is 6.07 Å². The maximum atomic E-state index is 13.3. The molecular formula is C13H10BrFN2S. The molecule has 1 aliphatic rings. The van der Waals surface area contributed by atoms with Gasteiger partial charge < -0.3 is 4.98 Å². The van der Waals surface area contributed by atoms with Gasteiger partial charge in [-0.2, -0.15) is 0 Å². The molecule has 2 nitrogen and oxygen atoms in total. The third-order valence-corrected chi connectivity index (χ3v) is 3.87. The van der Waals surface area contributed by atoms with Crippen LogP contribution in [0.15, 0.2) is 28.7 Å². The van der Waals surface area contributed by atoms with E-state index >= 15 is 0 Å². The van der Waals surface area contributed by atoms with Gasteiger partial charge in [-0.15, -0.1) is 0 Å². The summed E-state index contributed by atoms with van der Waals surface area (Å²) in [5.41, 5.74) is 1.80. The van der Waals surface area contributed by atoms with Gasteiger partial charge in [0.2, 0.25) is 0 Å². The zero-order valence-corrected chi connectivity index (χ0v) is 11.8. The van der Waals surface area contributed by atoms with Gasteiger partial charge in [-0.3, -0.25) is 0 Å². The molecule has 5 heteroatoms. The summed E-state index contributed by atoms with van der Waals surface area (Å²) in [6, 6.07) is 6.43. The highest BCUT2D eigenvalue weighted by atomic mass is 79.9. The van der Waals surface area contributed by atoms with E-state index in [1.165, 1.54) is 25.0 Å². The predicted molar refractivity (Wildman–Crippen MR) is 74.5 cm³/mol. The van der Waals surface area contributed by atoms with Crippen molar-refractivity contribution in [1.29, 1.82) is 0 Å². The molecule has 1 aromatic heterocycles. The Bertz CT molecular complexity index is 664. The highest BCUT2D eigenvalue weighted by Crippen LogP contribution is 2.39. The maximum Gasteiger partial charge on any atom is 0.140 e. The summed E-state index contributed by atoms with van der Waals surface area (Å²) in [5.74, 6) is 0.891. The second kappa shape index (κ2) is 4.55. The van der Waals surface area contributed by atoms with Crippen molar-refractivity contribution in [3.05, 3.63) is 44.9 Å². The Balaban J connectivity index is 2.15. The third-order valence-electron chi connectivity index (χ3n) is 2.96. The fourth-order valence-electron chi connectivity index (χ4n) is 1.90. The number of benzene rings is 1. The van der Waals surface area contributed by atoms with Crippen LogP contribution in [0.25, 0.3) is 11.4 Å². The van der Waals surface area contributed by atoms with Gasteiger partial charge >= 0.3 is 0 Å². The zero-order chi connectivity index (χ0) is 12.7. The maximum absolute atomic E-state index is 13.3. The van der Waals surface area contributed by atoms with Crippen molar-refractivity contribution >= 4 is 28.1 Å². The number of rotatable bonds is 2. The van der Waals surface area contributed by atoms with Gasteiger partial charge in [0.05, 0.1) is 0 Å². The zero-order valence-electron chi connectivity index (χ0n) is 9.41. The van der Waals surface area contributed by atoms with Crippen LogP contribution in [0.5, 0.6) is 0 Å². The first-order valence-electron chi connectivity index (χ1n) is 5.70. The number of nitrogens with zero attached hydrogens (tertiary/aromatic N) is 1. The second-order valence-electron chi connectivity index (χ2n) is 4.42. The van der Waals surface area contributed by atoms with Crippen molar-refractivity contribution in [1.82, 2.24) is 9.97 Å². The summed E-state index contributed by atoms with van der Waals surface area (Å²) in [6.45, 7) is 0. The van der Waals surface area contributed by atoms with Crippen LogP contribution in [0.3, 0.4) is 0 Å². The van der Waals surface area contributed by atoms with Crippen LogP contribution in [0.1, 0.15) is 24.5 Å². The van der Waals surface area contributed by atoms with Crippen molar-refractivity contribution in [3.63, 3.8) is 0 Å². The summed E-state index contributed by atoms with van der Waals surface area (Å²) in [5, 5.41) is 0. The molecule has 1 fully saturated rings. The van der Waals surface area contributed by atoms with Gasteiger partial charge in [-0.25, -0.2) is 9.37 Å². The SMILES string of the molecule is Fc1ccc(Br)c(-c2nc(=S)cc(C3CC3)[nH]2)c1. The minimum Gasteiger partial charge on any atom is -0.343 e. The van der Waals surface area contributed by atoms with Gasteiger partial charge in [-0.1, -0.05) is 28.1 Å². The van der Waals surface area contributed by atoms with Gasteiger partial charge in [-0.05, 0) is 43.0 Å². The molecule has 1 heterocycles. The van der Waals surface area contributed by atoms with Gasteiger partial charge in [0.1, 0.15) is 16.3 Å². The van der Waals surface area contributed by atoms with Gasteiger partial charge in [0, 0.05) is 15.7 Å². The van der Waals surface area contributed by atoms with E-state index in [4.69, 9.17) is 12.2 Å². The van der Waals surface area contributed by atoms with Crippen LogP contribution >= 0.6 is 28.1 Å². The van der Waals surface area contributed by atoms with Crippen LogP contribution in [-0.4, -0.2) is 9.97 Å². The average molecular weight is 325 g/mol.